The molecule has 1 aromatic rings. The van der Waals surface area contributed by atoms with Crippen molar-refractivity contribution < 1.29 is 14.8 Å². The van der Waals surface area contributed by atoms with E-state index >= 15 is 0 Å². The number of unbranched alkanes of at least 4 members (excludes halogenated alkanes) is 3. The molecule has 0 amide bonds. The van der Waals surface area contributed by atoms with Crippen LogP contribution in [0.3, 0.4) is 0 Å². The molecule has 0 spiro atoms. The lowest BCUT2D eigenvalue weighted by Crippen LogP contribution is -2.30. The first-order valence-corrected chi connectivity index (χ1v) is 7.15. The molecule has 0 aromatic heterocycles. The molecule has 0 aliphatic carbocycles. The van der Waals surface area contributed by atoms with Gasteiger partial charge < -0.3 is 14.8 Å². The Hall–Kier alpha value is -1.51. The first kappa shape index (κ1) is 16.5. The highest BCUT2D eigenvalue weighted by atomic mass is 16.5. The average Bonchev–Trinajstić information content (AvgIpc) is 2.43. The summed E-state index contributed by atoms with van der Waals surface area (Å²) in [4.78, 5) is 0. The average molecular weight is 275 g/mol. The van der Waals surface area contributed by atoms with E-state index in [1.54, 1.807) is 12.1 Å². The van der Waals surface area contributed by atoms with E-state index in [1.165, 1.54) is 25.3 Å². The van der Waals surface area contributed by atoms with Gasteiger partial charge in [-0.25, -0.2) is 0 Å². The zero-order valence-corrected chi connectivity index (χ0v) is 12.2. The maximum Gasteiger partial charge on any atom is 0.488 e. The Bertz CT molecular complexity index is 457. The Balaban J connectivity index is 2.61. The van der Waals surface area contributed by atoms with Crippen molar-refractivity contribution in [1.82, 2.24) is 0 Å². The van der Waals surface area contributed by atoms with Crippen LogP contribution < -0.4 is 10.2 Å². The summed E-state index contributed by atoms with van der Waals surface area (Å²) < 4.78 is 5.77. The van der Waals surface area contributed by atoms with Crippen LogP contribution in [0.1, 0.15) is 51.5 Å². The molecule has 1 unspecified atom stereocenters. The van der Waals surface area contributed by atoms with Gasteiger partial charge in [-0.05, 0) is 37.4 Å². The highest BCUT2D eigenvalue weighted by molar-refractivity contribution is 6.58. The molecule has 0 radical (unpaired) electrons. The number of rotatable bonds is 8. The highest BCUT2D eigenvalue weighted by Gasteiger charge is 2.15. The van der Waals surface area contributed by atoms with Gasteiger partial charge in [0.15, 0.2) is 0 Å². The molecule has 0 saturated heterocycles. The summed E-state index contributed by atoms with van der Waals surface area (Å²) in [6, 6.07) is 6.65. The molecule has 0 bridgehead atoms. The zero-order valence-electron chi connectivity index (χ0n) is 12.2. The summed E-state index contributed by atoms with van der Waals surface area (Å²) in [5, 5.41) is 27.3. The predicted octanol–water partition coefficient (Wildman–Crippen LogP) is 1.98. The molecular weight excluding hydrogens is 253 g/mol. The highest BCUT2D eigenvalue weighted by Crippen LogP contribution is 2.19. The minimum absolute atomic E-state index is 0.0452. The third-order valence-corrected chi connectivity index (χ3v) is 3.21. The maximum absolute atomic E-state index is 9.09. The fourth-order valence-electron chi connectivity index (χ4n) is 2.03. The molecule has 4 nitrogen and oxygen atoms in total. The van der Waals surface area contributed by atoms with Gasteiger partial charge in [0, 0.05) is 0 Å². The summed E-state index contributed by atoms with van der Waals surface area (Å²) >= 11 is 0. The molecule has 0 heterocycles. The van der Waals surface area contributed by atoms with Crippen LogP contribution >= 0.6 is 0 Å². The topological polar surface area (TPSA) is 73.5 Å². The van der Waals surface area contributed by atoms with E-state index in [1.807, 2.05) is 13.0 Å². The third-order valence-electron chi connectivity index (χ3n) is 3.21. The van der Waals surface area contributed by atoms with E-state index in [0.717, 1.165) is 12.8 Å². The van der Waals surface area contributed by atoms with Gasteiger partial charge in [0.2, 0.25) is 0 Å². The standard InChI is InChI=1S/C15H22BNO3/c1-3-4-5-6-7-12(2)20-15-9-8-14(16(18)19)10-13(15)11-17/h8-10,12,18-19H,3-7H2,1-2H3. The second kappa shape index (κ2) is 8.62. The summed E-state index contributed by atoms with van der Waals surface area (Å²) in [6.07, 6.45) is 5.76. The van der Waals surface area contributed by atoms with Crippen molar-refractivity contribution >= 4 is 12.6 Å². The Morgan fingerprint density at radius 3 is 2.65 bits per heavy atom. The van der Waals surface area contributed by atoms with Crippen molar-refractivity contribution in [3.8, 4) is 11.8 Å². The van der Waals surface area contributed by atoms with Gasteiger partial charge in [-0.1, -0.05) is 32.3 Å². The van der Waals surface area contributed by atoms with Gasteiger partial charge in [0.25, 0.3) is 0 Å². The first-order chi connectivity index (χ1) is 9.58. The summed E-state index contributed by atoms with van der Waals surface area (Å²) in [6.45, 7) is 4.16. The van der Waals surface area contributed by atoms with Crippen molar-refractivity contribution in [2.45, 2.75) is 52.1 Å². The Kier molecular flexibility index (Phi) is 7.14. The molecule has 0 aliphatic heterocycles. The van der Waals surface area contributed by atoms with E-state index in [0.29, 0.717) is 16.8 Å². The minimum Gasteiger partial charge on any atom is -0.489 e. The van der Waals surface area contributed by atoms with Crippen LogP contribution in [0.4, 0.5) is 0 Å². The molecule has 1 atom stereocenters. The monoisotopic (exact) mass is 275 g/mol. The zero-order chi connectivity index (χ0) is 15.0. The Labute approximate surface area is 121 Å². The number of benzene rings is 1. The molecule has 0 saturated carbocycles. The van der Waals surface area contributed by atoms with Crippen LogP contribution in [0.15, 0.2) is 18.2 Å². The molecule has 2 N–H and O–H groups in total. The lowest BCUT2D eigenvalue weighted by Gasteiger charge is -2.16. The quantitative estimate of drug-likeness (QED) is 0.562. The van der Waals surface area contributed by atoms with Crippen molar-refractivity contribution in [3.63, 3.8) is 0 Å². The molecule has 0 aliphatic rings. The second-order valence-corrected chi connectivity index (χ2v) is 5.02. The second-order valence-electron chi connectivity index (χ2n) is 5.02. The fraction of sp³-hybridized carbons (Fsp3) is 0.533. The predicted molar refractivity (Wildman–Crippen MR) is 79.8 cm³/mol. The summed E-state index contributed by atoms with van der Waals surface area (Å²) in [7, 11) is -1.57. The van der Waals surface area contributed by atoms with Crippen LogP contribution in [0, 0.1) is 11.3 Å². The Morgan fingerprint density at radius 1 is 1.30 bits per heavy atom. The van der Waals surface area contributed by atoms with Gasteiger partial charge in [-0.2, -0.15) is 5.26 Å². The lowest BCUT2D eigenvalue weighted by molar-refractivity contribution is 0.206. The molecule has 108 valence electrons. The number of hydrogen-bond acceptors (Lipinski definition) is 4. The van der Waals surface area contributed by atoms with Gasteiger partial charge >= 0.3 is 7.12 Å². The number of ether oxygens (including phenoxy) is 1. The molecule has 0 fully saturated rings. The minimum atomic E-state index is -1.57. The van der Waals surface area contributed by atoms with Crippen LogP contribution in [-0.2, 0) is 0 Å². The largest absolute Gasteiger partial charge is 0.489 e. The van der Waals surface area contributed by atoms with Gasteiger partial charge in [0.05, 0.1) is 11.7 Å². The molecule has 1 aromatic carbocycles. The maximum atomic E-state index is 9.09. The Morgan fingerprint density at radius 2 is 2.05 bits per heavy atom. The molecule has 1 rings (SSSR count). The van der Waals surface area contributed by atoms with Crippen LogP contribution in [0.25, 0.3) is 0 Å². The van der Waals surface area contributed by atoms with Crippen molar-refractivity contribution in [1.29, 1.82) is 5.26 Å². The van der Waals surface area contributed by atoms with Crippen LogP contribution in [-0.4, -0.2) is 23.3 Å². The van der Waals surface area contributed by atoms with Gasteiger partial charge in [-0.15, -0.1) is 0 Å². The van der Waals surface area contributed by atoms with Crippen LogP contribution in [0.2, 0.25) is 0 Å². The smallest absolute Gasteiger partial charge is 0.488 e. The van der Waals surface area contributed by atoms with Crippen molar-refractivity contribution in [2.24, 2.45) is 0 Å². The van der Waals surface area contributed by atoms with Crippen molar-refractivity contribution in [3.05, 3.63) is 23.8 Å². The number of hydrogen-bond donors (Lipinski definition) is 2. The van der Waals surface area contributed by atoms with E-state index < -0.39 is 7.12 Å². The van der Waals surface area contributed by atoms with Gasteiger partial charge in [-0.3, -0.25) is 0 Å². The SMILES string of the molecule is CCCCCCC(C)Oc1ccc(B(O)O)cc1C#N. The van der Waals surface area contributed by atoms with Crippen molar-refractivity contribution in [2.75, 3.05) is 0 Å². The third kappa shape index (κ3) is 5.24. The van der Waals surface area contributed by atoms with E-state index in [9.17, 15) is 0 Å². The molecular formula is C15H22BNO3. The van der Waals surface area contributed by atoms with Crippen LogP contribution in [0.5, 0.6) is 5.75 Å². The van der Waals surface area contributed by atoms with Gasteiger partial charge in [0.1, 0.15) is 11.8 Å². The molecule has 5 heteroatoms. The summed E-state index contributed by atoms with van der Waals surface area (Å²) in [5.41, 5.74) is 0.625. The van der Waals surface area contributed by atoms with E-state index in [-0.39, 0.29) is 6.10 Å². The summed E-state index contributed by atoms with van der Waals surface area (Å²) in [5.74, 6) is 0.500. The number of nitrogens with zero attached hydrogens (tertiary/aromatic N) is 1. The number of nitriles is 1. The van der Waals surface area contributed by atoms with E-state index in [2.05, 4.69) is 6.92 Å². The normalized spacial score (nSPS) is 11.8. The first-order valence-electron chi connectivity index (χ1n) is 7.15. The lowest BCUT2D eigenvalue weighted by atomic mass is 9.79. The molecule has 20 heavy (non-hydrogen) atoms. The van der Waals surface area contributed by atoms with E-state index in [4.69, 9.17) is 20.0 Å². The fourth-order valence-corrected chi connectivity index (χ4v) is 2.03.